The van der Waals surface area contributed by atoms with Crippen molar-refractivity contribution in [3.05, 3.63) is 5.15 Å². The number of likely N-dealkylation sites (N-methyl/N-ethyl adjacent to an activating group) is 1. The van der Waals surface area contributed by atoms with Crippen molar-refractivity contribution in [1.82, 2.24) is 15.2 Å². The summed E-state index contributed by atoms with van der Waals surface area (Å²) in [6.07, 6.45) is 0. The van der Waals surface area contributed by atoms with Crippen LogP contribution in [0.3, 0.4) is 0 Å². The zero-order chi connectivity index (χ0) is 9.84. The van der Waals surface area contributed by atoms with E-state index in [1.807, 2.05) is 0 Å². The molecule has 0 fully saturated rings. The molecule has 3 N–H and O–H groups in total. The summed E-state index contributed by atoms with van der Waals surface area (Å²) in [4.78, 5) is 5.50. The summed E-state index contributed by atoms with van der Waals surface area (Å²) in [5.41, 5.74) is 5.42. The predicted octanol–water partition coefficient (Wildman–Crippen LogP) is -0.464. The molecule has 1 aromatic heterocycles. The van der Waals surface area contributed by atoms with E-state index < -0.39 is 0 Å². The summed E-state index contributed by atoms with van der Waals surface area (Å²) in [7, 11) is 1.72. The summed E-state index contributed by atoms with van der Waals surface area (Å²) in [5.74, 6) is 0.479. The van der Waals surface area contributed by atoms with Gasteiger partial charge < -0.3 is 15.7 Å². The number of aliphatic hydroxyl groups is 1. The van der Waals surface area contributed by atoms with Gasteiger partial charge >= 0.3 is 0 Å². The lowest BCUT2D eigenvalue weighted by molar-refractivity contribution is 0.303. The molecule has 1 heterocycles. The first kappa shape index (κ1) is 9.94. The molecule has 0 amide bonds. The normalized spacial score (nSPS) is 10.1. The number of rotatable bonds is 3. The second kappa shape index (κ2) is 4.20. The molecule has 0 radical (unpaired) electrons. The van der Waals surface area contributed by atoms with E-state index >= 15 is 0 Å². The molecule has 0 aromatic carbocycles. The van der Waals surface area contributed by atoms with Crippen LogP contribution in [0, 0.1) is 0 Å². The molecular weight excluding hydrogens is 194 g/mol. The standard InChI is InChI=1S/C6H10ClN5O/c1-12(2-3-13)6-9-5(8)4(7)10-11-6/h13H,2-3H2,1H3,(H2,8,9,11). The number of nitrogen functional groups attached to an aromatic ring is 1. The molecule has 0 spiro atoms. The molecule has 0 aliphatic carbocycles. The fourth-order valence-corrected chi connectivity index (χ4v) is 0.808. The smallest absolute Gasteiger partial charge is 0.247 e. The molecule has 7 heteroatoms. The lowest BCUT2D eigenvalue weighted by Crippen LogP contribution is -2.24. The molecule has 1 rings (SSSR count). The highest BCUT2D eigenvalue weighted by Crippen LogP contribution is 2.13. The highest BCUT2D eigenvalue weighted by atomic mass is 35.5. The highest BCUT2D eigenvalue weighted by Gasteiger charge is 2.07. The van der Waals surface area contributed by atoms with Gasteiger partial charge in [-0.3, -0.25) is 0 Å². The number of aromatic nitrogens is 3. The zero-order valence-corrected chi connectivity index (χ0v) is 7.86. The number of nitrogens with zero attached hydrogens (tertiary/aromatic N) is 4. The summed E-state index contributed by atoms with van der Waals surface area (Å²) in [6.45, 7) is 0.436. The van der Waals surface area contributed by atoms with E-state index in [2.05, 4.69) is 15.2 Å². The Morgan fingerprint density at radius 3 is 2.77 bits per heavy atom. The Balaban J connectivity index is 2.84. The molecule has 1 aromatic rings. The van der Waals surface area contributed by atoms with E-state index in [1.54, 1.807) is 11.9 Å². The van der Waals surface area contributed by atoms with Crippen LogP contribution in [0.2, 0.25) is 5.15 Å². The third kappa shape index (κ3) is 2.40. The van der Waals surface area contributed by atoms with Gasteiger partial charge in [-0.1, -0.05) is 11.6 Å². The average Bonchev–Trinajstić information content (AvgIpc) is 2.10. The number of nitrogens with two attached hydrogens (primary N) is 1. The van der Waals surface area contributed by atoms with Crippen molar-refractivity contribution in [2.24, 2.45) is 0 Å². The average molecular weight is 204 g/mol. The first-order chi connectivity index (χ1) is 6.15. The Morgan fingerprint density at radius 2 is 2.23 bits per heavy atom. The number of hydrogen-bond acceptors (Lipinski definition) is 6. The van der Waals surface area contributed by atoms with Crippen LogP contribution in [0.4, 0.5) is 11.8 Å². The van der Waals surface area contributed by atoms with Gasteiger partial charge in [-0.05, 0) is 0 Å². The van der Waals surface area contributed by atoms with Crippen molar-refractivity contribution in [3.8, 4) is 0 Å². The topological polar surface area (TPSA) is 88.2 Å². The van der Waals surface area contributed by atoms with Gasteiger partial charge in [-0.15, -0.1) is 10.2 Å². The van der Waals surface area contributed by atoms with Crippen LogP contribution in [-0.4, -0.2) is 40.5 Å². The van der Waals surface area contributed by atoms with E-state index in [0.717, 1.165) is 0 Å². The lowest BCUT2D eigenvalue weighted by Gasteiger charge is -2.14. The monoisotopic (exact) mass is 203 g/mol. The second-order valence-electron chi connectivity index (χ2n) is 2.43. The van der Waals surface area contributed by atoms with Crippen LogP contribution in [0.5, 0.6) is 0 Å². The van der Waals surface area contributed by atoms with Gasteiger partial charge in [-0.25, -0.2) is 0 Å². The number of aliphatic hydroxyl groups excluding tert-OH is 1. The fraction of sp³-hybridized carbons (Fsp3) is 0.500. The van der Waals surface area contributed by atoms with Crippen molar-refractivity contribution in [1.29, 1.82) is 0 Å². The minimum atomic E-state index is 0.0163. The van der Waals surface area contributed by atoms with Crippen molar-refractivity contribution in [3.63, 3.8) is 0 Å². The molecule has 0 aliphatic rings. The third-order valence-corrected chi connectivity index (χ3v) is 1.71. The first-order valence-electron chi connectivity index (χ1n) is 3.63. The van der Waals surface area contributed by atoms with E-state index in [0.29, 0.717) is 12.5 Å². The van der Waals surface area contributed by atoms with Crippen LogP contribution in [0.25, 0.3) is 0 Å². The SMILES string of the molecule is CN(CCO)c1nnc(Cl)c(N)n1. The Bertz CT molecular complexity index is 294. The van der Waals surface area contributed by atoms with Crippen LogP contribution in [0.1, 0.15) is 0 Å². The molecule has 0 unspecified atom stereocenters. The maximum absolute atomic E-state index is 8.65. The van der Waals surface area contributed by atoms with Gasteiger partial charge in [0.05, 0.1) is 6.61 Å². The maximum atomic E-state index is 8.65. The van der Waals surface area contributed by atoms with Crippen molar-refractivity contribution in [2.75, 3.05) is 30.8 Å². The van der Waals surface area contributed by atoms with E-state index in [1.165, 1.54) is 0 Å². The summed E-state index contributed by atoms with van der Waals surface area (Å²) < 4.78 is 0. The van der Waals surface area contributed by atoms with Crippen LogP contribution < -0.4 is 10.6 Å². The van der Waals surface area contributed by atoms with Crippen molar-refractivity contribution in [2.45, 2.75) is 0 Å². The van der Waals surface area contributed by atoms with Crippen molar-refractivity contribution < 1.29 is 5.11 Å². The predicted molar refractivity (Wildman–Crippen MR) is 49.6 cm³/mol. The second-order valence-corrected chi connectivity index (χ2v) is 2.79. The molecule has 72 valence electrons. The minimum Gasteiger partial charge on any atom is -0.395 e. The quantitative estimate of drug-likeness (QED) is 0.691. The number of hydrogen-bond donors (Lipinski definition) is 2. The van der Waals surface area contributed by atoms with Crippen LogP contribution in [-0.2, 0) is 0 Å². The van der Waals surface area contributed by atoms with Gasteiger partial charge in [0, 0.05) is 13.6 Å². The molecule has 6 nitrogen and oxygen atoms in total. The Hall–Kier alpha value is -1.14. The number of anilines is 2. The number of halogens is 1. The minimum absolute atomic E-state index is 0.0163. The molecule has 0 bridgehead atoms. The third-order valence-electron chi connectivity index (χ3n) is 1.44. The zero-order valence-electron chi connectivity index (χ0n) is 7.11. The highest BCUT2D eigenvalue weighted by molar-refractivity contribution is 6.31. The Kier molecular flexibility index (Phi) is 3.21. The van der Waals surface area contributed by atoms with E-state index in [-0.39, 0.29) is 17.6 Å². The van der Waals surface area contributed by atoms with Crippen molar-refractivity contribution >= 4 is 23.4 Å². The van der Waals surface area contributed by atoms with Gasteiger partial charge in [0.1, 0.15) is 0 Å². The molecule has 0 aliphatic heterocycles. The maximum Gasteiger partial charge on any atom is 0.247 e. The van der Waals surface area contributed by atoms with E-state index in [4.69, 9.17) is 22.4 Å². The summed E-state index contributed by atoms with van der Waals surface area (Å²) in [5, 5.41) is 16.0. The van der Waals surface area contributed by atoms with Gasteiger partial charge in [0.2, 0.25) is 5.95 Å². The van der Waals surface area contributed by atoms with E-state index in [9.17, 15) is 0 Å². The molecule has 0 atom stereocenters. The first-order valence-corrected chi connectivity index (χ1v) is 4.00. The lowest BCUT2D eigenvalue weighted by atomic mass is 10.6. The summed E-state index contributed by atoms with van der Waals surface area (Å²) in [6, 6.07) is 0. The fourth-order valence-electron chi connectivity index (χ4n) is 0.728. The molecular formula is C6H10ClN5O. The summed E-state index contributed by atoms with van der Waals surface area (Å²) >= 11 is 5.53. The van der Waals surface area contributed by atoms with Gasteiger partial charge in [0.25, 0.3) is 0 Å². The van der Waals surface area contributed by atoms with Gasteiger partial charge in [-0.2, -0.15) is 4.98 Å². The molecule has 0 saturated carbocycles. The molecule has 13 heavy (non-hydrogen) atoms. The van der Waals surface area contributed by atoms with Gasteiger partial charge in [0.15, 0.2) is 11.0 Å². The molecule has 0 saturated heterocycles. The van der Waals surface area contributed by atoms with Crippen LogP contribution >= 0.6 is 11.6 Å². The Morgan fingerprint density at radius 1 is 1.54 bits per heavy atom. The largest absolute Gasteiger partial charge is 0.395 e. The van der Waals surface area contributed by atoms with Crippen LogP contribution in [0.15, 0.2) is 0 Å². The Labute approximate surface area is 80.4 Å².